The van der Waals surface area contributed by atoms with Crippen molar-refractivity contribution in [3.63, 3.8) is 0 Å². The maximum atomic E-state index is 4.70. The van der Waals surface area contributed by atoms with E-state index < -0.39 is 0 Å². The first-order chi connectivity index (χ1) is 12.9. The molecule has 0 amide bonds. The molecule has 0 N–H and O–H groups in total. The third-order valence-corrected chi connectivity index (χ3v) is 3.53. The predicted molar refractivity (Wildman–Crippen MR) is 90.5 cm³/mol. The van der Waals surface area contributed by atoms with E-state index >= 15 is 0 Å². The lowest BCUT2D eigenvalue weighted by atomic mass is 10.1. The highest BCUT2D eigenvalue weighted by Gasteiger charge is 1.97. The lowest BCUT2D eigenvalue weighted by Crippen LogP contribution is -2.02. The van der Waals surface area contributed by atoms with Crippen LogP contribution < -0.4 is 0 Å². The van der Waals surface area contributed by atoms with Crippen molar-refractivity contribution < 1.29 is 45.0 Å². The molecule has 0 heterocycles. The van der Waals surface area contributed by atoms with Crippen molar-refractivity contribution in [1.82, 2.24) is 0 Å². The van der Waals surface area contributed by atoms with E-state index in [0.717, 1.165) is 12.8 Å². The summed E-state index contributed by atoms with van der Waals surface area (Å²) in [4.78, 5) is 8.96. The second kappa shape index (κ2) is 24.2. The first-order valence-corrected chi connectivity index (χ1v) is 9.48. The highest BCUT2D eigenvalue weighted by molar-refractivity contribution is 4.62. The maximum Gasteiger partial charge on any atom is 0.128 e. The fourth-order valence-corrected chi connectivity index (χ4v) is 2.21. The second-order valence-corrected chi connectivity index (χ2v) is 5.75. The molecule has 0 rings (SSSR count). The molecule has 0 spiro atoms. The van der Waals surface area contributed by atoms with Crippen molar-refractivity contribution in [2.24, 2.45) is 0 Å². The van der Waals surface area contributed by atoms with E-state index in [1.807, 2.05) is 0 Å². The van der Waals surface area contributed by atoms with Gasteiger partial charge in [0.25, 0.3) is 0 Å². The molecule has 9 heteroatoms. The molecule has 0 saturated carbocycles. The molecule has 0 bridgehead atoms. The van der Waals surface area contributed by atoms with Gasteiger partial charge < -0.3 is 4.89 Å². The fourth-order valence-electron chi connectivity index (χ4n) is 2.21. The van der Waals surface area contributed by atoms with Crippen LogP contribution in [0.4, 0.5) is 0 Å². The summed E-state index contributed by atoms with van der Waals surface area (Å²) in [5.41, 5.74) is 0. The zero-order valence-electron chi connectivity index (χ0n) is 16.0. The van der Waals surface area contributed by atoms with Gasteiger partial charge in [0.15, 0.2) is 0 Å². The van der Waals surface area contributed by atoms with Crippen LogP contribution in [0.5, 0.6) is 0 Å². The Balaban J connectivity index is 2.97. The van der Waals surface area contributed by atoms with E-state index in [9.17, 15) is 0 Å². The second-order valence-electron chi connectivity index (χ2n) is 5.75. The molecular formula is C17H34O9. The lowest BCUT2D eigenvalue weighted by Gasteiger charge is -2.03. The largest absolute Gasteiger partial charge is 0.314 e. The van der Waals surface area contributed by atoms with Gasteiger partial charge in [0.1, 0.15) is 6.26 Å². The van der Waals surface area contributed by atoms with Crippen LogP contribution in [-0.4, -0.2) is 6.61 Å². The highest BCUT2D eigenvalue weighted by atomic mass is 17.9. The predicted octanol–water partition coefficient (Wildman–Crippen LogP) is 5.69. The van der Waals surface area contributed by atoms with Crippen LogP contribution in [0.2, 0.25) is 0 Å². The summed E-state index contributed by atoms with van der Waals surface area (Å²) in [7, 11) is 0. The molecule has 26 heavy (non-hydrogen) atoms. The van der Waals surface area contributed by atoms with Crippen LogP contribution in [0.3, 0.4) is 0 Å². The van der Waals surface area contributed by atoms with Crippen molar-refractivity contribution in [1.29, 1.82) is 0 Å². The molecule has 0 aliphatic heterocycles. The van der Waals surface area contributed by atoms with Crippen LogP contribution in [0.15, 0.2) is 12.3 Å². The number of rotatable bonds is 22. The van der Waals surface area contributed by atoms with E-state index in [2.05, 4.69) is 47.1 Å². The van der Waals surface area contributed by atoms with E-state index in [0.29, 0.717) is 6.61 Å². The summed E-state index contributed by atoms with van der Waals surface area (Å²) in [6.07, 6.45) is 18.0. The number of hydrogen-bond acceptors (Lipinski definition) is 9. The molecule has 0 aliphatic rings. The van der Waals surface area contributed by atoms with Gasteiger partial charge in [0.05, 0.1) is 6.61 Å². The van der Waals surface area contributed by atoms with Gasteiger partial charge >= 0.3 is 0 Å². The summed E-state index contributed by atoms with van der Waals surface area (Å²) in [5.74, 6) is 0. The molecule has 0 atom stereocenters. The molecule has 0 unspecified atom stereocenters. The normalized spacial score (nSPS) is 11.5. The molecule has 0 fully saturated rings. The first-order valence-electron chi connectivity index (χ1n) is 9.48. The Hall–Kier alpha value is -0.780. The van der Waals surface area contributed by atoms with Crippen molar-refractivity contribution >= 4 is 0 Å². The van der Waals surface area contributed by atoms with Crippen molar-refractivity contribution in [3.05, 3.63) is 12.3 Å². The average Bonchev–Trinajstić information content (AvgIpc) is 2.66. The Morgan fingerprint density at radius 2 is 1.00 bits per heavy atom. The summed E-state index contributed by atoms with van der Waals surface area (Å²) in [5, 5.41) is 27.7. The highest BCUT2D eigenvalue weighted by Crippen LogP contribution is 2.11. The van der Waals surface area contributed by atoms with Gasteiger partial charge in [-0.1, -0.05) is 77.6 Å². The SMILES string of the molecule is CC=COOOOOOOOOCCCCCCCCCCCCCC. The zero-order valence-corrected chi connectivity index (χ0v) is 16.0. The topological polar surface area (TPSA) is 83.1 Å². The van der Waals surface area contributed by atoms with Gasteiger partial charge in [0, 0.05) is 20.2 Å². The fraction of sp³-hybridized carbons (Fsp3) is 0.882. The number of hydrogen-bond donors (Lipinski definition) is 0. The van der Waals surface area contributed by atoms with Gasteiger partial charge in [0.2, 0.25) is 0 Å². The van der Waals surface area contributed by atoms with Crippen LogP contribution in [0, 0.1) is 0 Å². The van der Waals surface area contributed by atoms with Crippen molar-refractivity contribution in [2.45, 2.75) is 90.9 Å². The minimum Gasteiger partial charge on any atom is -0.314 e. The lowest BCUT2D eigenvalue weighted by molar-refractivity contribution is -0.829. The minimum atomic E-state index is 0.387. The molecule has 0 aromatic heterocycles. The summed E-state index contributed by atoms with van der Waals surface area (Å²) < 4.78 is 0. The first kappa shape index (κ1) is 25.2. The Morgan fingerprint density at radius 3 is 1.54 bits per heavy atom. The third kappa shape index (κ3) is 23.2. The van der Waals surface area contributed by atoms with E-state index in [1.54, 1.807) is 13.0 Å². The molecule has 0 aliphatic carbocycles. The van der Waals surface area contributed by atoms with Crippen LogP contribution in [-0.2, 0) is 45.0 Å². The van der Waals surface area contributed by atoms with E-state index in [1.165, 1.54) is 70.5 Å². The standard InChI is InChI=1S/C17H34O9/c1-3-5-6-7-8-9-10-11-12-13-14-15-17-19-21-23-25-26-24-22-20-18-16-4-2/h4,16H,3,5-15,17H2,1-2H3. The molecule has 0 aromatic carbocycles. The average molecular weight is 382 g/mol. The molecule has 156 valence electrons. The number of allylic oxidation sites excluding steroid dienone is 1. The van der Waals surface area contributed by atoms with Crippen LogP contribution in [0.1, 0.15) is 90.9 Å². The monoisotopic (exact) mass is 382 g/mol. The van der Waals surface area contributed by atoms with E-state index in [4.69, 9.17) is 4.89 Å². The Bertz CT molecular complexity index is 277. The van der Waals surface area contributed by atoms with Crippen LogP contribution >= 0.6 is 0 Å². The van der Waals surface area contributed by atoms with Gasteiger partial charge in [-0.05, 0) is 34.5 Å². The minimum absolute atomic E-state index is 0.387. The van der Waals surface area contributed by atoms with E-state index in [-0.39, 0.29) is 0 Å². The Morgan fingerprint density at radius 1 is 0.538 bits per heavy atom. The molecule has 9 nitrogen and oxygen atoms in total. The Kier molecular flexibility index (Phi) is 23.5. The van der Waals surface area contributed by atoms with Gasteiger partial charge in [-0.15, -0.1) is 0 Å². The zero-order chi connectivity index (χ0) is 19.0. The van der Waals surface area contributed by atoms with Crippen LogP contribution in [0.25, 0.3) is 0 Å². The van der Waals surface area contributed by atoms with Gasteiger partial charge in [-0.25, -0.2) is 4.89 Å². The van der Waals surface area contributed by atoms with Gasteiger partial charge in [-0.3, -0.25) is 0 Å². The summed E-state index contributed by atoms with van der Waals surface area (Å²) in [6, 6.07) is 0. The Labute approximate surface area is 155 Å². The van der Waals surface area contributed by atoms with Gasteiger partial charge in [-0.2, -0.15) is 0 Å². The molecule has 0 aromatic rings. The molecular weight excluding hydrogens is 348 g/mol. The summed E-state index contributed by atoms with van der Waals surface area (Å²) >= 11 is 0. The third-order valence-electron chi connectivity index (χ3n) is 3.53. The molecule has 0 radical (unpaired) electrons. The number of unbranched alkanes of at least 4 members (excludes halogenated alkanes) is 11. The summed E-state index contributed by atoms with van der Waals surface area (Å²) in [6.45, 7) is 4.35. The maximum absolute atomic E-state index is 4.70. The quantitative estimate of drug-likeness (QED) is 0.101. The van der Waals surface area contributed by atoms with Crippen molar-refractivity contribution in [2.75, 3.05) is 6.61 Å². The van der Waals surface area contributed by atoms with Crippen molar-refractivity contribution in [3.8, 4) is 0 Å². The molecule has 0 saturated heterocycles. The smallest absolute Gasteiger partial charge is 0.128 e.